The maximum atomic E-state index is 12.0. The van der Waals surface area contributed by atoms with Crippen molar-refractivity contribution >= 4 is 12.0 Å². The molecule has 0 saturated carbocycles. The van der Waals surface area contributed by atoms with Crippen LogP contribution in [0.4, 0.5) is 4.79 Å². The van der Waals surface area contributed by atoms with Gasteiger partial charge in [-0.15, -0.1) is 6.58 Å². The lowest BCUT2D eigenvalue weighted by atomic mass is 10.3. The van der Waals surface area contributed by atoms with Crippen LogP contribution < -0.4 is 0 Å². The van der Waals surface area contributed by atoms with E-state index in [-0.39, 0.29) is 32.1 Å². The second-order valence-corrected chi connectivity index (χ2v) is 3.46. The number of carbonyl (C=O) groups is 2. The molecule has 0 radical (unpaired) electrons. The summed E-state index contributed by atoms with van der Waals surface area (Å²) in [4.78, 5) is 25.3. The van der Waals surface area contributed by atoms with Gasteiger partial charge in [0.2, 0.25) is 0 Å². The fraction of sp³-hybridized carbons (Fsp3) is 0.636. The fourth-order valence-corrected chi connectivity index (χ4v) is 1.36. The molecule has 0 heterocycles. The lowest BCUT2D eigenvalue weighted by Gasteiger charge is -2.28. The van der Waals surface area contributed by atoms with Crippen LogP contribution in [0.15, 0.2) is 12.7 Å². The summed E-state index contributed by atoms with van der Waals surface area (Å²) in [5.41, 5.74) is 0. The molecular formula is C11H20N2O4. The van der Waals surface area contributed by atoms with Gasteiger partial charge in [0.25, 0.3) is 0 Å². The quantitative estimate of drug-likeness (QED) is 0.605. The van der Waals surface area contributed by atoms with Crippen molar-refractivity contribution in [3.63, 3.8) is 0 Å². The Morgan fingerprint density at radius 1 is 1.29 bits per heavy atom. The van der Waals surface area contributed by atoms with E-state index >= 15 is 0 Å². The number of amides is 2. The molecule has 6 heteroatoms. The first-order valence-electron chi connectivity index (χ1n) is 5.54. The zero-order valence-corrected chi connectivity index (χ0v) is 10.1. The maximum Gasteiger partial charge on any atom is 0.320 e. The number of carboxylic acids is 1. The number of nitrogens with zero attached hydrogens (tertiary/aromatic N) is 2. The number of aliphatic hydroxyl groups excluding tert-OH is 1. The molecule has 98 valence electrons. The summed E-state index contributed by atoms with van der Waals surface area (Å²) in [6, 6.07) is -0.275. The lowest BCUT2D eigenvalue weighted by Crippen LogP contribution is -2.45. The molecule has 0 aliphatic rings. The minimum atomic E-state index is -0.936. The van der Waals surface area contributed by atoms with Crippen LogP contribution in [-0.2, 0) is 4.79 Å². The maximum absolute atomic E-state index is 12.0. The number of urea groups is 1. The molecular weight excluding hydrogens is 224 g/mol. The van der Waals surface area contributed by atoms with Crippen molar-refractivity contribution in [2.75, 3.05) is 32.8 Å². The van der Waals surface area contributed by atoms with E-state index in [1.165, 1.54) is 9.80 Å². The third kappa shape index (κ3) is 5.91. The summed E-state index contributed by atoms with van der Waals surface area (Å²) in [6.07, 6.45) is 1.49. The molecule has 0 aromatic heterocycles. The van der Waals surface area contributed by atoms with Crippen molar-refractivity contribution in [1.29, 1.82) is 0 Å². The molecule has 2 amide bonds. The number of aliphatic carboxylic acids is 1. The molecule has 0 aliphatic carbocycles. The van der Waals surface area contributed by atoms with Gasteiger partial charge >= 0.3 is 12.0 Å². The molecule has 2 N–H and O–H groups in total. The van der Waals surface area contributed by atoms with Gasteiger partial charge < -0.3 is 20.0 Å². The predicted molar refractivity (Wildman–Crippen MR) is 63.8 cm³/mol. The van der Waals surface area contributed by atoms with Crippen molar-refractivity contribution in [1.82, 2.24) is 9.80 Å². The molecule has 0 rings (SSSR count). The first-order chi connectivity index (χ1) is 8.06. The second kappa shape index (κ2) is 8.58. The summed E-state index contributed by atoms with van der Waals surface area (Å²) in [6.45, 7) is 6.35. The number of hydrogen-bond acceptors (Lipinski definition) is 3. The van der Waals surface area contributed by atoms with Crippen molar-refractivity contribution in [3.8, 4) is 0 Å². The van der Waals surface area contributed by atoms with Gasteiger partial charge in [-0.25, -0.2) is 4.79 Å². The van der Waals surface area contributed by atoms with Gasteiger partial charge in [0.1, 0.15) is 0 Å². The Bertz CT molecular complexity index is 268. The molecule has 0 bridgehead atoms. The highest BCUT2D eigenvalue weighted by molar-refractivity contribution is 5.75. The van der Waals surface area contributed by atoms with Crippen LogP contribution in [0.5, 0.6) is 0 Å². The minimum Gasteiger partial charge on any atom is -0.481 e. The Morgan fingerprint density at radius 2 is 1.94 bits per heavy atom. The molecule has 0 atom stereocenters. The van der Waals surface area contributed by atoms with Gasteiger partial charge in [-0.3, -0.25) is 4.79 Å². The highest BCUT2D eigenvalue weighted by Gasteiger charge is 2.18. The molecule has 0 aromatic rings. The van der Waals surface area contributed by atoms with Crippen LogP contribution in [-0.4, -0.2) is 64.8 Å². The number of carboxylic acid groups (broad SMARTS) is 1. The third-order valence-corrected chi connectivity index (χ3v) is 2.24. The lowest BCUT2D eigenvalue weighted by molar-refractivity contribution is -0.137. The SMILES string of the molecule is C=CCN(CCO)C(=O)N(CC)CCC(=O)O. The first-order valence-corrected chi connectivity index (χ1v) is 5.54. The highest BCUT2D eigenvalue weighted by Crippen LogP contribution is 2.01. The Kier molecular flexibility index (Phi) is 7.79. The smallest absolute Gasteiger partial charge is 0.320 e. The number of rotatable bonds is 8. The summed E-state index contributed by atoms with van der Waals surface area (Å²) >= 11 is 0. The van der Waals surface area contributed by atoms with Crippen molar-refractivity contribution in [3.05, 3.63) is 12.7 Å². The van der Waals surface area contributed by atoms with Crippen LogP contribution in [0.2, 0.25) is 0 Å². The minimum absolute atomic E-state index is 0.0827. The van der Waals surface area contributed by atoms with Crippen molar-refractivity contribution in [2.24, 2.45) is 0 Å². The van der Waals surface area contributed by atoms with E-state index in [2.05, 4.69) is 6.58 Å². The molecule has 0 unspecified atom stereocenters. The molecule has 0 saturated heterocycles. The topological polar surface area (TPSA) is 81.1 Å². The average molecular weight is 244 g/mol. The summed E-state index contributed by atoms with van der Waals surface area (Å²) < 4.78 is 0. The van der Waals surface area contributed by atoms with Gasteiger partial charge in [-0.2, -0.15) is 0 Å². The van der Waals surface area contributed by atoms with Gasteiger partial charge in [-0.05, 0) is 6.92 Å². The second-order valence-electron chi connectivity index (χ2n) is 3.46. The monoisotopic (exact) mass is 244 g/mol. The fourth-order valence-electron chi connectivity index (χ4n) is 1.36. The third-order valence-electron chi connectivity index (χ3n) is 2.24. The number of aliphatic hydroxyl groups is 1. The predicted octanol–water partition coefficient (Wildman–Crippen LogP) is 0.383. The zero-order chi connectivity index (χ0) is 13.3. The Balaban J connectivity index is 4.45. The Morgan fingerprint density at radius 3 is 2.35 bits per heavy atom. The zero-order valence-electron chi connectivity index (χ0n) is 10.1. The van der Waals surface area contributed by atoms with E-state index < -0.39 is 5.97 Å². The first kappa shape index (κ1) is 15.4. The summed E-state index contributed by atoms with van der Waals surface area (Å²) in [7, 11) is 0. The van der Waals surface area contributed by atoms with Crippen molar-refractivity contribution < 1.29 is 19.8 Å². The Labute approximate surface area is 101 Å². The standard InChI is InChI=1S/C11H20N2O4/c1-3-6-13(8-9-14)11(17)12(4-2)7-5-10(15)16/h3,14H,1,4-9H2,2H3,(H,15,16). The summed E-state index contributed by atoms with van der Waals surface area (Å²) in [5.74, 6) is -0.936. The Hall–Kier alpha value is -1.56. The van der Waals surface area contributed by atoms with E-state index in [1.807, 2.05) is 0 Å². The van der Waals surface area contributed by atoms with E-state index in [1.54, 1.807) is 13.0 Å². The van der Waals surface area contributed by atoms with E-state index in [9.17, 15) is 9.59 Å². The average Bonchev–Trinajstić information content (AvgIpc) is 2.29. The van der Waals surface area contributed by atoms with Gasteiger partial charge in [0, 0.05) is 26.2 Å². The van der Waals surface area contributed by atoms with Crippen LogP contribution in [0.3, 0.4) is 0 Å². The van der Waals surface area contributed by atoms with E-state index in [0.717, 1.165) is 0 Å². The largest absolute Gasteiger partial charge is 0.481 e. The summed E-state index contributed by atoms with van der Waals surface area (Å²) in [5, 5.41) is 17.4. The van der Waals surface area contributed by atoms with Gasteiger partial charge in [0.05, 0.1) is 13.0 Å². The van der Waals surface area contributed by atoms with Gasteiger partial charge in [-0.1, -0.05) is 6.08 Å². The molecule has 0 fully saturated rings. The van der Waals surface area contributed by atoms with E-state index in [4.69, 9.17) is 10.2 Å². The van der Waals surface area contributed by atoms with Gasteiger partial charge in [0.15, 0.2) is 0 Å². The van der Waals surface area contributed by atoms with Crippen LogP contribution in [0.25, 0.3) is 0 Å². The normalized spacial score (nSPS) is 9.76. The molecule has 0 aromatic carbocycles. The molecule has 0 aliphatic heterocycles. The van der Waals surface area contributed by atoms with Crippen LogP contribution in [0, 0.1) is 0 Å². The number of carbonyl (C=O) groups excluding carboxylic acids is 1. The molecule has 6 nitrogen and oxygen atoms in total. The van der Waals surface area contributed by atoms with Crippen molar-refractivity contribution in [2.45, 2.75) is 13.3 Å². The molecule has 0 spiro atoms. The molecule has 17 heavy (non-hydrogen) atoms. The number of hydrogen-bond donors (Lipinski definition) is 2. The van der Waals surface area contributed by atoms with E-state index in [0.29, 0.717) is 13.1 Å². The van der Waals surface area contributed by atoms with Crippen LogP contribution in [0.1, 0.15) is 13.3 Å². The highest BCUT2D eigenvalue weighted by atomic mass is 16.4. The van der Waals surface area contributed by atoms with Crippen LogP contribution >= 0.6 is 0 Å².